The van der Waals surface area contributed by atoms with Crippen LogP contribution in [0.5, 0.6) is 0 Å². The molecule has 0 fully saturated rings. The Morgan fingerprint density at radius 2 is 2.26 bits per heavy atom. The van der Waals surface area contributed by atoms with Gasteiger partial charge in [0.2, 0.25) is 0 Å². The number of thiophene rings is 1. The van der Waals surface area contributed by atoms with Crippen molar-refractivity contribution in [1.29, 1.82) is 0 Å². The van der Waals surface area contributed by atoms with E-state index in [0.717, 1.165) is 20.5 Å². The third-order valence-corrected chi connectivity index (χ3v) is 4.34. The number of hydrogen-bond donors (Lipinski definition) is 2. The van der Waals surface area contributed by atoms with Crippen LogP contribution >= 0.6 is 27.3 Å². The number of aryl methyl sites for hydroxylation is 1. The SMILES string of the molecule is Cc1ccc(C(NCc2cccs2)C(=O)O)c(Br)c1. The Labute approximate surface area is 124 Å². The van der Waals surface area contributed by atoms with Gasteiger partial charge in [-0.2, -0.15) is 0 Å². The van der Waals surface area contributed by atoms with Gasteiger partial charge in [-0.1, -0.05) is 34.1 Å². The minimum Gasteiger partial charge on any atom is -0.480 e. The number of hydrogen-bond acceptors (Lipinski definition) is 3. The van der Waals surface area contributed by atoms with E-state index >= 15 is 0 Å². The highest BCUT2D eigenvalue weighted by Crippen LogP contribution is 2.25. The third-order valence-electron chi connectivity index (χ3n) is 2.77. The maximum atomic E-state index is 11.4. The van der Waals surface area contributed by atoms with Gasteiger partial charge < -0.3 is 5.11 Å². The number of benzene rings is 1. The molecular formula is C14H14BrNO2S. The molecule has 0 spiro atoms. The van der Waals surface area contributed by atoms with Crippen LogP contribution < -0.4 is 5.32 Å². The van der Waals surface area contributed by atoms with Crippen LogP contribution in [0.25, 0.3) is 0 Å². The molecule has 0 aliphatic heterocycles. The fourth-order valence-corrected chi connectivity index (χ4v) is 3.19. The van der Waals surface area contributed by atoms with Gasteiger partial charge in [0, 0.05) is 15.9 Å². The number of carboxylic acid groups (broad SMARTS) is 1. The van der Waals surface area contributed by atoms with E-state index in [1.54, 1.807) is 11.3 Å². The average Bonchev–Trinajstić information content (AvgIpc) is 2.84. The van der Waals surface area contributed by atoms with Gasteiger partial charge in [-0.05, 0) is 35.6 Å². The second kappa shape index (κ2) is 6.32. The molecule has 2 aromatic rings. The highest BCUT2D eigenvalue weighted by molar-refractivity contribution is 9.10. The Bertz CT molecular complexity index is 569. The molecular weight excluding hydrogens is 326 g/mol. The summed E-state index contributed by atoms with van der Waals surface area (Å²) in [6.07, 6.45) is 0. The summed E-state index contributed by atoms with van der Waals surface area (Å²) < 4.78 is 0.818. The Morgan fingerprint density at radius 1 is 1.47 bits per heavy atom. The lowest BCUT2D eigenvalue weighted by molar-refractivity contribution is -0.139. The van der Waals surface area contributed by atoms with Crippen molar-refractivity contribution in [2.45, 2.75) is 19.5 Å². The molecule has 2 N–H and O–H groups in total. The summed E-state index contributed by atoms with van der Waals surface area (Å²) in [6.45, 7) is 2.53. The molecule has 2 rings (SSSR count). The number of rotatable bonds is 5. The molecule has 3 nitrogen and oxygen atoms in total. The molecule has 1 aromatic carbocycles. The van der Waals surface area contributed by atoms with E-state index in [9.17, 15) is 9.90 Å². The van der Waals surface area contributed by atoms with Gasteiger partial charge in [0.1, 0.15) is 6.04 Å². The summed E-state index contributed by atoms with van der Waals surface area (Å²) in [7, 11) is 0. The molecule has 0 aliphatic rings. The minimum atomic E-state index is -0.874. The van der Waals surface area contributed by atoms with Gasteiger partial charge in [-0.3, -0.25) is 10.1 Å². The fourth-order valence-electron chi connectivity index (χ4n) is 1.81. The van der Waals surface area contributed by atoms with Crippen molar-refractivity contribution >= 4 is 33.2 Å². The number of nitrogens with one attached hydrogen (secondary N) is 1. The number of carboxylic acids is 1. The summed E-state index contributed by atoms with van der Waals surface area (Å²) in [5.41, 5.74) is 1.84. The molecule has 0 bridgehead atoms. The van der Waals surface area contributed by atoms with Gasteiger partial charge in [0.25, 0.3) is 0 Å². The van der Waals surface area contributed by atoms with E-state index in [1.807, 2.05) is 42.6 Å². The smallest absolute Gasteiger partial charge is 0.325 e. The fraction of sp³-hybridized carbons (Fsp3) is 0.214. The normalized spacial score (nSPS) is 12.3. The zero-order valence-corrected chi connectivity index (χ0v) is 12.8. The van der Waals surface area contributed by atoms with Crippen LogP contribution in [0, 0.1) is 6.92 Å². The first-order chi connectivity index (χ1) is 9.08. The molecule has 19 heavy (non-hydrogen) atoms. The van der Waals surface area contributed by atoms with Crippen molar-refractivity contribution < 1.29 is 9.90 Å². The third kappa shape index (κ3) is 3.65. The van der Waals surface area contributed by atoms with Crippen molar-refractivity contribution in [1.82, 2.24) is 5.32 Å². The first kappa shape index (κ1) is 14.2. The highest BCUT2D eigenvalue weighted by Gasteiger charge is 2.21. The standard InChI is InChI=1S/C14H14BrNO2S/c1-9-4-5-11(12(15)7-9)13(14(17)18)16-8-10-3-2-6-19-10/h2-7,13,16H,8H2,1H3,(H,17,18). The van der Waals surface area contributed by atoms with Crippen LogP contribution in [0.4, 0.5) is 0 Å². The Balaban J connectivity index is 2.17. The van der Waals surface area contributed by atoms with Crippen molar-refractivity contribution in [2.75, 3.05) is 0 Å². The molecule has 1 atom stereocenters. The maximum absolute atomic E-state index is 11.4. The largest absolute Gasteiger partial charge is 0.480 e. The number of carbonyl (C=O) groups is 1. The molecule has 1 aromatic heterocycles. The second-order valence-corrected chi connectivity index (χ2v) is 6.14. The number of halogens is 1. The topological polar surface area (TPSA) is 49.3 Å². The molecule has 1 heterocycles. The van der Waals surface area contributed by atoms with Crippen LogP contribution in [0.15, 0.2) is 40.2 Å². The van der Waals surface area contributed by atoms with Gasteiger partial charge in [0.05, 0.1) is 0 Å². The van der Waals surface area contributed by atoms with Crippen molar-refractivity contribution in [3.8, 4) is 0 Å². The summed E-state index contributed by atoms with van der Waals surface area (Å²) in [4.78, 5) is 12.5. The van der Waals surface area contributed by atoms with Gasteiger partial charge in [-0.25, -0.2) is 0 Å². The van der Waals surface area contributed by atoms with Gasteiger partial charge in [0.15, 0.2) is 0 Å². The minimum absolute atomic E-state index is 0.551. The van der Waals surface area contributed by atoms with E-state index in [-0.39, 0.29) is 0 Å². The predicted octanol–water partition coefficient (Wildman–Crippen LogP) is 3.73. The average molecular weight is 340 g/mol. The van der Waals surface area contributed by atoms with E-state index in [2.05, 4.69) is 21.2 Å². The first-order valence-electron chi connectivity index (χ1n) is 5.82. The monoisotopic (exact) mass is 339 g/mol. The summed E-state index contributed by atoms with van der Waals surface area (Å²) in [5, 5.41) is 14.4. The van der Waals surface area contributed by atoms with Crippen LogP contribution in [0.1, 0.15) is 22.0 Å². The van der Waals surface area contributed by atoms with E-state index in [4.69, 9.17) is 0 Å². The predicted molar refractivity (Wildman–Crippen MR) is 80.4 cm³/mol. The van der Waals surface area contributed by atoms with Crippen molar-refractivity contribution in [3.05, 3.63) is 56.2 Å². The van der Waals surface area contributed by atoms with Crippen LogP contribution in [0.3, 0.4) is 0 Å². The van der Waals surface area contributed by atoms with Crippen molar-refractivity contribution in [2.24, 2.45) is 0 Å². The molecule has 5 heteroatoms. The van der Waals surface area contributed by atoms with Crippen LogP contribution in [-0.4, -0.2) is 11.1 Å². The molecule has 0 aliphatic carbocycles. The molecule has 100 valence electrons. The number of aliphatic carboxylic acids is 1. The van der Waals surface area contributed by atoms with Crippen LogP contribution in [0.2, 0.25) is 0 Å². The zero-order valence-electron chi connectivity index (χ0n) is 10.4. The molecule has 0 saturated heterocycles. The second-order valence-electron chi connectivity index (χ2n) is 4.26. The Kier molecular flexibility index (Phi) is 4.74. The zero-order chi connectivity index (χ0) is 13.8. The van der Waals surface area contributed by atoms with Crippen LogP contribution in [-0.2, 0) is 11.3 Å². The van der Waals surface area contributed by atoms with Gasteiger partial charge >= 0.3 is 5.97 Å². The highest BCUT2D eigenvalue weighted by atomic mass is 79.9. The Hall–Kier alpha value is -1.17. The molecule has 0 saturated carbocycles. The quantitative estimate of drug-likeness (QED) is 0.872. The maximum Gasteiger partial charge on any atom is 0.325 e. The molecule has 0 radical (unpaired) electrons. The van der Waals surface area contributed by atoms with Crippen molar-refractivity contribution in [3.63, 3.8) is 0 Å². The van der Waals surface area contributed by atoms with Gasteiger partial charge in [-0.15, -0.1) is 11.3 Å². The summed E-state index contributed by atoms with van der Waals surface area (Å²) >= 11 is 5.05. The lowest BCUT2D eigenvalue weighted by Crippen LogP contribution is -2.28. The molecule has 1 unspecified atom stereocenters. The van der Waals surface area contributed by atoms with E-state index < -0.39 is 12.0 Å². The molecule has 0 amide bonds. The summed E-state index contributed by atoms with van der Waals surface area (Å²) in [6, 6.07) is 8.93. The van der Waals surface area contributed by atoms with E-state index in [1.165, 1.54) is 0 Å². The first-order valence-corrected chi connectivity index (χ1v) is 7.50. The lowest BCUT2D eigenvalue weighted by Gasteiger charge is -2.16. The summed E-state index contributed by atoms with van der Waals surface area (Å²) in [5.74, 6) is -0.874. The van der Waals surface area contributed by atoms with E-state index in [0.29, 0.717) is 6.54 Å². The lowest BCUT2D eigenvalue weighted by atomic mass is 10.1. The Morgan fingerprint density at radius 3 is 2.84 bits per heavy atom.